The van der Waals surface area contributed by atoms with E-state index in [0.717, 1.165) is 17.9 Å². The molecule has 1 aromatic rings. The topological polar surface area (TPSA) is 51.4 Å². The lowest BCUT2D eigenvalue weighted by Crippen LogP contribution is -2.30. The van der Waals surface area contributed by atoms with E-state index in [1.54, 1.807) is 12.4 Å². The van der Waals surface area contributed by atoms with Gasteiger partial charge in [-0.05, 0) is 32.5 Å². The van der Waals surface area contributed by atoms with Crippen molar-refractivity contribution in [2.45, 2.75) is 25.4 Å². The van der Waals surface area contributed by atoms with Crippen LogP contribution in [0.3, 0.4) is 0 Å². The van der Waals surface area contributed by atoms with Crippen molar-refractivity contribution < 1.29 is 4.74 Å². The van der Waals surface area contributed by atoms with Crippen molar-refractivity contribution in [3.63, 3.8) is 0 Å². The van der Waals surface area contributed by atoms with Crippen molar-refractivity contribution in [3.05, 3.63) is 24.0 Å². The summed E-state index contributed by atoms with van der Waals surface area (Å²) in [4.78, 5) is 6.41. The number of ether oxygens (including phenoxy) is 1. The first-order chi connectivity index (χ1) is 7.81. The summed E-state index contributed by atoms with van der Waals surface area (Å²) in [7, 11) is 2.15. The van der Waals surface area contributed by atoms with Crippen LogP contribution in [-0.2, 0) is 6.54 Å². The Morgan fingerprint density at radius 3 is 3.19 bits per heavy atom. The van der Waals surface area contributed by atoms with Crippen molar-refractivity contribution in [2.24, 2.45) is 5.73 Å². The predicted molar refractivity (Wildman–Crippen MR) is 63.3 cm³/mol. The van der Waals surface area contributed by atoms with Crippen LogP contribution < -0.4 is 10.5 Å². The Labute approximate surface area is 96.4 Å². The highest BCUT2D eigenvalue weighted by molar-refractivity contribution is 5.29. The number of pyridine rings is 1. The maximum Gasteiger partial charge on any atom is 0.142 e. The Balaban J connectivity index is 1.93. The summed E-state index contributed by atoms with van der Waals surface area (Å²) in [6.45, 7) is 2.40. The molecule has 1 atom stereocenters. The van der Waals surface area contributed by atoms with Gasteiger partial charge in [-0.2, -0.15) is 0 Å². The van der Waals surface area contributed by atoms with E-state index < -0.39 is 0 Å². The summed E-state index contributed by atoms with van der Waals surface area (Å²) in [6.07, 6.45) is 5.98. The zero-order valence-electron chi connectivity index (χ0n) is 9.72. The summed E-state index contributed by atoms with van der Waals surface area (Å²) in [5, 5.41) is 0. The Hall–Kier alpha value is -1.13. The van der Waals surface area contributed by atoms with E-state index in [9.17, 15) is 0 Å². The van der Waals surface area contributed by atoms with E-state index in [0.29, 0.717) is 12.6 Å². The third kappa shape index (κ3) is 2.51. The zero-order valence-corrected chi connectivity index (χ0v) is 9.72. The molecule has 0 aliphatic carbocycles. The predicted octanol–water partition coefficient (Wildman–Crippen LogP) is 1.01. The molecular weight excluding hydrogens is 202 g/mol. The number of hydrogen-bond donors (Lipinski definition) is 1. The second-order valence-electron chi connectivity index (χ2n) is 4.28. The normalized spacial score (nSPS) is 21.2. The highest BCUT2D eigenvalue weighted by atomic mass is 16.5. The van der Waals surface area contributed by atoms with Gasteiger partial charge in [-0.1, -0.05) is 0 Å². The van der Waals surface area contributed by atoms with Crippen LogP contribution >= 0.6 is 0 Å². The van der Waals surface area contributed by atoms with Crippen molar-refractivity contribution in [2.75, 3.05) is 20.2 Å². The third-order valence-electron chi connectivity index (χ3n) is 3.19. The fraction of sp³-hybridized carbons (Fsp3) is 0.583. The Bertz CT molecular complexity index is 343. The van der Waals surface area contributed by atoms with E-state index >= 15 is 0 Å². The molecule has 2 N–H and O–H groups in total. The SMILES string of the molecule is CN1CCC[C@H]1COc1cnccc1CN. The molecule has 0 unspecified atom stereocenters. The van der Waals surface area contributed by atoms with Gasteiger partial charge in [-0.25, -0.2) is 0 Å². The van der Waals surface area contributed by atoms with E-state index in [2.05, 4.69) is 16.9 Å². The lowest BCUT2D eigenvalue weighted by molar-refractivity contribution is 0.196. The molecule has 0 radical (unpaired) electrons. The first-order valence-electron chi connectivity index (χ1n) is 5.77. The molecular formula is C12H19N3O. The van der Waals surface area contributed by atoms with Crippen LogP contribution in [0.2, 0.25) is 0 Å². The van der Waals surface area contributed by atoms with Crippen LogP contribution in [0.5, 0.6) is 5.75 Å². The molecule has 2 heterocycles. The van der Waals surface area contributed by atoms with Crippen LogP contribution in [0.4, 0.5) is 0 Å². The lowest BCUT2D eigenvalue weighted by atomic mass is 10.2. The minimum atomic E-state index is 0.498. The molecule has 0 amide bonds. The molecule has 0 aromatic carbocycles. The van der Waals surface area contributed by atoms with Crippen LogP contribution in [0, 0.1) is 0 Å². The fourth-order valence-electron chi connectivity index (χ4n) is 2.08. The molecule has 0 bridgehead atoms. The van der Waals surface area contributed by atoms with Gasteiger partial charge in [-0.15, -0.1) is 0 Å². The van der Waals surface area contributed by atoms with Crippen molar-refractivity contribution in [1.82, 2.24) is 9.88 Å². The zero-order chi connectivity index (χ0) is 11.4. The second kappa shape index (κ2) is 5.27. The summed E-state index contributed by atoms with van der Waals surface area (Å²) < 4.78 is 5.80. The summed E-state index contributed by atoms with van der Waals surface area (Å²) in [6, 6.07) is 2.44. The van der Waals surface area contributed by atoms with Crippen LogP contribution in [-0.4, -0.2) is 36.1 Å². The number of aromatic nitrogens is 1. The molecule has 1 fully saturated rings. The van der Waals surface area contributed by atoms with Gasteiger partial charge in [0.2, 0.25) is 0 Å². The van der Waals surface area contributed by atoms with Gasteiger partial charge in [0.15, 0.2) is 0 Å². The maximum atomic E-state index is 5.80. The van der Waals surface area contributed by atoms with Gasteiger partial charge >= 0.3 is 0 Å². The standard InChI is InChI=1S/C12H19N3O/c1-15-6-2-3-11(15)9-16-12-8-14-5-4-10(12)7-13/h4-5,8,11H,2-3,6-7,9,13H2,1H3/t11-/m0/s1. The number of hydrogen-bond acceptors (Lipinski definition) is 4. The quantitative estimate of drug-likeness (QED) is 0.824. The molecule has 1 saturated heterocycles. The van der Waals surface area contributed by atoms with Crippen molar-refractivity contribution in [3.8, 4) is 5.75 Å². The average Bonchev–Trinajstić information content (AvgIpc) is 2.72. The monoisotopic (exact) mass is 221 g/mol. The van der Waals surface area contributed by atoms with Crippen molar-refractivity contribution in [1.29, 1.82) is 0 Å². The lowest BCUT2D eigenvalue weighted by Gasteiger charge is -2.20. The number of nitrogens with zero attached hydrogens (tertiary/aromatic N) is 2. The molecule has 4 nitrogen and oxygen atoms in total. The molecule has 1 aliphatic heterocycles. The van der Waals surface area contributed by atoms with E-state index in [4.69, 9.17) is 10.5 Å². The number of rotatable bonds is 4. The molecule has 4 heteroatoms. The number of nitrogens with two attached hydrogens (primary N) is 1. The van der Waals surface area contributed by atoms with Gasteiger partial charge in [0.25, 0.3) is 0 Å². The van der Waals surface area contributed by atoms with Gasteiger partial charge < -0.3 is 15.4 Å². The molecule has 16 heavy (non-hydrogen) atoms. The largest absolute Gasteiger partial charge is 0.490 e. The Morgan fingerprint density at radius 2 is 2.50 bits per heavy atom. The Morgan fingerprint density at radius 1 is 1.62 bits per heavy atom. The van der Waals surface area contributed by atoms with Crippen LogP contribution in [0.25, 0.3) is 0 Å². The molecule has 1 aromatic heterocycles. The Kier molecular flexibility index (Phi) is 3.74. The average molecular weight is 221 g/mol. The van der Waals surface area contributed by atoms with E-state index in [1.165, 1.54) is 19.4 Å². The summed E-state index contributed by atoms with van der Waals surface area (Å²) in [5.41, 5.74) is 6.67. The number of likely N-dealkylation sites (N-methyl/N-ethyl adjacent to an activating group) is 1. The summed E-state index contributed by atoms with van der Waals surface area (Å²) in [5.74, 6) is 0.824. The number of likely N-dealkylation sites (tertiary alicyclic amines) is 1. The van der Waals surface area contributed by atoms with Gasteiger partial charge in [0, 0.05) is 24.3 Å². The highest BCUT2D eigenvalue weighted by Gasteiger charge is 2.21. The summed E-state index contributed by atoms with van der Waals surface area (Å²) >= 11 is 0. The van der Waals surface area contributed by atoms with Gasteiger partial charge in [0.05, 0.1) is 6.20 Å². The molecule has 0 saturated carbocycles. The fourth-order valence-corrected chi connectivity index (χ4v) is 2.08. The van der Waals surface area contributed by atoms with Crippen LogP contribution in [0.15, 0.2) is 18.5 Å². The van der Waals surface area contributed by atoms with Crippen LogP contribution in [0.1, 0.15) is 18.4 Å². The van der Waals surface area contributed by atoms with E-state index in [1.807, 2.05) is 6.07 Å². The van der Waals surface area contributed by atoms with Gasteiger partial charge in [-0.3, -0.25) is 4.98 Å². The van der Waals surface area contributed by atoms with Gasteiger partial charge in [0.1, 0.15) is 12.4 Å². The van der Waals surface area contributed by atoms with Crippen molar-refractivity contribution >= 4 is 0 Å². The first kappa shape index (κ1) is 11.4. The van der Waals surface area contributed by atoms with E-state index in [-0.39, 0.29) is 0 Å². The first-order valence-corrected chi connectivity index (χ1v) is 5.77. The minimum absolute atomic E-state index is 0.498. The minimum Gasteiger partial charge on any atom is -0.490 e. The highest BCUT2D eigenvalue weighted by Crippen LogP contribution is 2.19. The molecule has 2 rings (SSSR count). The third-order valence-corrected chi connectivity index (χ3v) is 3.19. The molecule has 0 spiro atoms. The molecule has 88 valence electrons. The second-order valence-corrected chi connectivity index (χ2v) is 4.28. The smallest absolute Gasteiger partial charge is 0.142 e. The molecule has 1 aliphatic rings. The maximum absolute atomic E-state index is 5.80.